The standard InChI is InChI=1S/C19H28N2O3/c1-5-24-18(23)19(2)13-7-6-8-14-21(19)17(22)15-9-11-16(12-10-15)20(3)4/h9-12H,5-8,13-14H2,1-4H3. The Kier molecular flexibility index (Phi) is 5.86. The molecular formula is C19H28N2O3. The fourth-order valence-electron chi connectivity index (χ4n) is 3.18. The molecule has 1 heterocycles. The zero-order chi connectivity index (χ0) is 17.7. The largest absolute Gasteiger partial charge is 0.464 e. The first kappa shape index (κ1) is 18.3. The summed E-state index contributed by atoms with van der Waals surface area (Å²) < 4.78 is 5.27. The Hall–Kier alpha value is -2.04. The van der Waals surface area contributed by atoms with Gasteiger partial charge in [-0.15, -0.1) is 0 Å². The van der Waals surface area contributed by atoms with E-state index in [9.17, 15) is 9.59 Å². The Morgan fingerprint density at radius 1 is 1.17 bits per heavy atom. The first-order valence-corrected chi connectivity index (χ1v) is 8.66. The summed E-state index contributed by atoms with van der Waals surface area (Å²) >= 11 is 0. The van der Waals surface area contributed by atoms with E-state index in [1.165, 1.54) is 0 Å². The van der Waals surface area contributed by atoms with Gasteiger partial charge in [0.05, 0.1) is 6.61 Å². The minimum Gasteiger partial charge on any atom is -0.464 e. The summed E-state index contributed by atoms with van der Waals surface area (Å²) in [6, 6.07) is 7.50. The minimum absolute atomic E-state index is 0.0993. The maximum Gasteiger partial charge on any atom is 0.331 e. The topological polar surface area (TPSA) is 49.9 Å². The Balaban J connectivity index is 2.30. The number of carbonyl (C=O) groups is 2. The lowest BCUT2D eigenvalue weighted by Crippen LogP contribution is -2.55. The number of hydrogen-bond acceptors (Lipinski definition) is 4. The van der Waals surface area contributed by atoms with Gasteiger partial charge in [-0.05, 0) is 51.0 Å². The fourth-order valence-corrected chi connectivity index (χ4v) is 3.18. The summed E-state index contributed by atoms with van der Waals surface area (Å²) in [5.74, 6) is -0.400. The van der Waals surface area contributed by atoms with E-state index in [1.54, 1.807) is 11.8 Å². The summed E-state index contributed by atoms with van der Waals surface area (Å²) in [6.45, 7) is 4.55. The Bertz CT molecular complexity index is 583. The van der Waals surface area contributed by atoms with Gasteiger partial charge in [0.2, 0.25) is 0 Å². The van der Waals surface area contributed by atoms with E-state index in [0.29, 0.717) is 25.1 Å². The zero-order valence-electron chi connectivity index (χ0n) is 15.2. The van der Waals surface area contributed by atoms with Crippen LogP contribution in [0.15, 0.2) is 24.3 Å². The van der Waals surface area contributed by atoms with Gasteiger partial charge in [0.15, 0.2) is 0 Å². The molecular weight excluding hydrogens is 304 g/mol. The maximum atomic E-state index is 13.1. The van der Waals surface area contributed by atoms with Gasteiger partial charge < -0.3 is 14.5 Å². The van der Waals surface area contributed by atoms with Crippen LogP contribution in [0.4, 0.5) is 5.69 Å². The molecule has 2 rings (SSSR count). The van der Waals surface area contributed by atoms with E-state index in [4.69, 9.17) is 4.74 Å². The molecule has 5 heteroatoms. The molecule has 5 nitrogen and oxygen atoms in total. The second-order valence-electron chi connectivity index (χ2n) is 6.70. The highest BCUT2D eigenvalue weighted by molar-refractivity contribution is 5.98. The summed E-state index contributed by atoms with van der Waals surface area (Å²) in [6.07, 6.45) is 3.51. The first-order chi connectivity index (χ1) is 11.4. The van der Waals surface area contributed by atoms with Crippen LogP contribution in [0.1, 0.15) is 49.9 Å². The number of esters is 1. The van der Waals surface area contributed by atoms with Gasteiger partial charge in [0, 0.05) is 31.9 Å². The van der Waals surface area contributed by atoms with E-state index >= 15 is 0 Å². The van der Waals surface area contributed by atoms with E-state index in [1.807, 2.05) is 50.2 Å². The molecule has 1 fully saturated rings. The molecule has 0 bridgehead atoms. The molecule has 0 aromatic heterocycles. The third-order valence-corrected chi connectivity index (χ3v) is 4.73. The number of carbonyl (C=O) groups excluding carboxylic acids is 2. The highest BCUT2D eigenvalue weighted by Gasteiger charge is 2.44. The quantitative estimate of drug-likeness (QED) is 0.795. The van der Waals surface area contributed by atoms with Gasteiger partial charge in [0.25, 0.3) is 5.91 Å². The molecule has 132 valence electrons. The van der Waals surface area contributed by atoms with Crippen molar-refractivity contribution >= 4 is 17.6 Å². The molecule has 0 N–H and O–H groups in total. The molecule has 1 amide bonds. The van der Waals surface area contributed by atoms with Crippen molar-refractivity contribution in [2.75, 3.05) is 32.1 Å². The van der Waals surface area contributed by atoms with Gasteiger partial charge in [-0.2, -0.15) is 0 Å². The third-order valence-electron chi connectivity index (χ3n) is 4.73. The maximum absolute atomic E-state index is 13.1. The van der Waals surface area contributed by atoms with Crippen molar-refractivity contribution < 1.29 is 14.3 Å². The molecule has 0 radical (unpaired) electrons. The Labute approximate surface area is 144 Å². The molecule has 1 saturated heterocycles. The lowest BCUT2D eigenvalue weighted by molar-refractivity contribution is -0.155. The Morgan fingerprint density at radius 3 is 2.42 bits per heavy atom. The third kappa shape index (κ3) is 3.71. The van der Waals surface area contributed by atoms with Gasteiger partial charge in [0.1, 0.15) is 5.54 Å². The number of ether oxygens (including phenoxy) is 1. The van der Waals surface area contributed by atoms with Crippen LogP contribution < -0.4 is 4.90 Å². The second-order valence-corrected chi connectivity index (χ2v) is 6.70. The Morgan fingerprint density at radius 2 is 1.83 bits per heavy atom. The van der Waals surface area contributed by atoms with E-state index < -0.39 is 5.54 Å². The molecule has 0 spiro atoms. The number of hydrogen-bond donors (Lipinski definition) is 0. The zero-order valence-corrected chi connectivity index (χ0v) is 15.2. The smallest absolute Gasteiger partial charge is 0.331 e. The number of anilines is 1. The summed E-state index contributed by atoms with van der Waals surface area (Å²) in [7, 11) is 3.92. The van der Waals surface area contributed by atoms with Crippen molar-refractivity contribution in [3.8, 4) is 0 Å². The number of nitrogens with zero attached hydrogens (tertiary/aromatic N) is 2. The van der Waals surface area contributed by atoms with Crippen LogP contribution in [0.5, 0.6) is 0 Å². The molecule has 1 atom stereocenters. The van der Waals surface area contributed by atoms with Crippen molar-refractivity contribution in [1.82, 2.24) is 4.90 Å². The van der Waals surface area contributed by atoms with E-state index in [0.717, 1.165) is 24.9 Å². The van der Waals surface area contributed by atoms with Gasteiger partial charge in [-0.3, -0.25) is 4.79 Å². The van der Waals surface area contributed by atoms with Gasteiger partial charge in [-0.1, -0.05) is 12.8 Å². The number of rotatable bonds is 4. The molecule has 1 aromatic carbocycles. The molecule has 1 unspecified atom stereocenters. The van der Waals surface area contributed by atoms with E-state index in [2.05, 4.69) is 0 Å². The summed E-state index contributed by atoms with van der Waals surface area (Å²) in [4.78, 5) is 29.3. The lowest BCUT2D eigenvalue weighted by Gasteiger charge is -2.38. The van der Waals surface area contributed by atoms with Crippen LogP contribution >= 0.6 is 0 Å². The average molecular weight is 332 g/mol. The van der Waals surface area contributed by atoms with Crippen LogP contribution in [0.3, 0.4) is 0 Å². The van der Waals surface area contributed by atoms with Gasteiger partial charge in [-0.25, -0.2) is 4.79 Å². The van der Waals surface area contributed by atoms with Crippen molar-refractivity contribution in [2.45, 2.75) is 45.1 Å². The molecule has 1 aliphatic rings. The van der Waals surface area contributed by atoms with Crippen LogP contribution in [-0.4, -0.2) is 49.6 Å². The number of likely N-dealkylation sites (tertiary alicyclic amines) is 1. The molecule has 24 heavy (non-hydrogen) atoms. The molecule has 0 aliphatic carbocycles. The number of benzene rings is 1. The van der Waals surface area contributed by atoms with Crippen molar-refractivity contribution in [1.29, 1.82) is 0 Å². The lowest BCUT2D eigenvalue weighted by atomic mass is 9.93. The van der Waals surface area contributed by atoms with Crippen LogP contribution in [-0.2, 0) is 9.53 Å². The van der Waals surface area contributed by atoms with Crippen molar-refractivity contribution in [3.05, 3.63) is 29.8 Å². The SMILES string of the molecule is CCOC(=O)C1(C)CCCCCN1C(=O)c1ccc(N(C)C)cc1. The predicted molar refractivity (Wildman–Crippen MR) is 95.3 cm³/mol. The van der Waals surface area contributed by atoms with Crippen LogP contribution in [0, 0.1) is 0 Å². The summed E-state index contributed by atoms with van der Waals surface area (Å²) in [5, 5.41) is 0. The highest BCUT2D eigenvalue weighted by atomic mass is 16.5. The summed E-state index contributed by atoms with van der Waals surface area (Å²) in [5.41, 5.74) is 0.762. The predicted octanol–water partition coefficient (Wildman–Crippen LogP) is 3.09. The molecule has 0 saturated carbocycles. The first-order valence-electron chi connectivity index (χ1n) is 8.66. The normalized spacial score (nSPS) is 21.1. The monoisotopic (exact) mass is 332 g/mol. The number of amides is 1. The van der Waals surface area contributed by atoms with Crippen LogP contribution in [0.25, 0.3) is 0 Å². The molecule has 1 aromatic rings. The minimum atomic E-state index is -0.885. The molecule has 1 aliphatic heterocycles. The second kappa shape index (κ2) is 7.69. The average Bonchev–Trinajstić information content (AvgIpc) is 2.77. The fraction of sp³-hybridized carbons (Fsp3) is 0.579. The highest BCUT2D eigenvalue weighted by Crippen LogP contribution is 2.30. The van der Waals surface area contributed by atoms with Crippen molar-refractivity contribution in [3.63, 3.8) is 0 Å². The van der Waals surface area contributed by atoms with Crippen LogP contribution in [0.2, 0.25) is 0 Å². The van der Waals surface area contributed by atoms with Gasteiger partial charge >= 0.3 is 5.97 Å². The van der Waals surface area contributed by atoms with E-state index in [-0.39, 0.29) is 11.9 Å². The van der Waals surface area contributed by atoms with Crippen molar-refractivity contribution in [2.24, 2.45) is 0 Å².